The molecule has 0 atom stereocenters. The fraction of sp³-hybridized carbons (Fsp3) is 1.00. The van der Waals surface area contributed by atoms with E-state index < -0.39 is 0 Å². The molecule has 0 unspecified atom stereocenters. The van der Waals surface area contributed by atoms with E-state index in [1.165, 1.54) is 149 Å². The van der Waals surface area contributed by atoms with Crippen LogP contribution in [-0.4, -0.2) is 98.1 Å². The maximum atomic E-state index is 2.63. The van der Waals surface area contributed by atoms with Crippen molar-refractivity contribution in [2.24, 2.45) is 17.8 Å². The Morgan fingerprint density at radius 2 is 0.703 bits per heavy atom. The van der Waals surface area contributed by atoms with E-state index in [-0.39, 0.29) is 0 Å². The van der Waals surface area contributed by atoms with Crippen LogP contribution < -0.4 is 0 Å². The molecular weight excluding hydrogens is 452 g/mol. The molecule has 3 aliphatic heterocycles. The van der Waals surface area contributed by atoms with Gasteiger partial charge in [0.05, 0.1) is 0 Å². The van der Waals surface area contributed by atoms with Crippen LogP contribution >= 0.6 is 0 Å². The van der Waals surface area contributed by atoms with E-state index in [2.05, 4.69) is 68.1 Å². The van der Waals surface area contributed by atoms with E-state index in [1.807, 2.05) is 0 Å². The predicted molar refractivity (Wildman–Crippen MR) is 167 cm³/mol. The molecule has 0 amide bonds. The summed E-state index contributed by atoms with van der Waals surface area (Å²) in [5, 5.41) is 0. The summed E-state index contributed by atoms with van der Waals surface area (Å²) in [5.74, 6) is 2.64. The normalized spacial score (nSPS) is 20.3. The Kier molecular flexibility index (Phi) is 21.3. The number of nitrogens with zero attached hydrogens (tertiary/aromatic N) is 4. The van der Waals surface area contributed by atoms with Crippen LogP contribution in [0.5, 0.6) is 0 Å². The molecule has 0 bridgehead atoms. The van der Waals surface area contributed by atoms with Crippen molar-refractivity contribution in [3.63, 3.8) is 0 Å². The molecule has 0 N–H and O–H groups in total. The van der Waals surface area contributed by atoms with Gasteiger partial charge < -0.3 is 19.6 Å². The highest BCUT2D eigenvalue weighted by Crippen LogP contribution is 2.12. The van der Waals surface area contributed by atoms with Gasteiger partial charge in [-0.25, -0.2) is 0 Å². The van der Waals surface area contributed by atoms with Gasteiger partial charge in [-0.15, -0.1) is 0 Å². The van der Waals surface area contributed by atoms with E-state index in [4.69, 9.17) is 0 Å². The highest BCUT2D eigenvalue weighted by Gasteiger charge is 2.14. The van der Waals surface area contributed by atoms with Crippen molar-refractivity contribution < 1.29 is 0 Å². The zero-order valence-corrected chi connectivity index (χ0v) is 26.8. The zero-order chi connectivity index (χ0) is 27.3. The molecule has 0 radical (unpaired) electrons. The molecule has 3 fully saturated rings. The second-order valence-electron chi connectivity index (χ2n) is 13.3. The Morgan fingerprint density at radius 3 is 1.03 bits per heavy atom. The van der Waals surface area contributed by atoms with E-state index in [1.54, 1.807) is 0 Å². The number of piperidine rings is 1. The van der Waals surface area contributed by atoms with E-state index in [9.17, 15) is 0 Å². The molecule has 222 valence electrons. The summed E-state index contributed by atoms with van der Waals surface area (Å²) in [5.41, 5.74) is 0. The van der Waals surface area contributed by atoms with Crippen molar-refractivity contribution in [3.8, 4) is 0 Å². The first kappa shape index (κ1) is 34.9. The van der Waals surface area contributed by atoms with Gasteiger partial charge in [0.25, 0.3) is 0 Å². The SMILES string of the molecule is CC(C)CCCN1CCCC1.CC(C)CCCN1CCCCC1.CCN1CCN(CCCC(C)C)CC1. The second kappa shape index (κ2) is 22.6. The molecule has 3 rings (SSSR count). The lowest BCUT2D eigenvalue weighted by Crippen LogP contribution is -2.46. The number of rotatable bonds is 13. The van der Waals surface area contributed by atoms with E-state index >= 15 is 0 Å². The van der Waals surface area contributed by atoms with Gasteiger partial charge in [-0.05, 0) is 134 Å². The van der Waals surface area contributed by atoms with Crippen LogP contribution in [0.4, 0.5) is 0 Å². The van der Waals surface area contributed by atoms with Crippen LogP contribution in [0, 0.1) is 17.8 Å². The third-order valence-electron chi connectivity index (χ3n) is 8.33. The fourth-order valence-corrected chi connectivity index (χ4v) is 5.69. The van der Waals surface area contributed by atoms with Gasteiger partial charge in [0.1, 0.15) is 0 Å². The van der Waals surface area contributed by atoms with Crippen molar-refractivity contribution in [3.05, 3.63) is 0 Å². The Hall–Kier alpha value is -0.160. The lowest BCUT2D eigenvalue weighted by atomic mass is 10.1. The van der Waals surface area contributed by atoms with Crippen molar-refractivity contribution in [1.29, 1.82) is 0 Å². The van der Waals surface area contributed by atoms with Crippen molar-refractivity contribution in [2.45, 2.75) is 119 Å². The molecule has 0 aromatic carbocycles. The quantitative estimate of drug-likeness (QED) is 0.248. The van der Waals surface area contributed by atoms with Crippen LogP contribution in [0.3, 0.4) is 0 Å². The zero-order valence-electron chi connectivity index (χ0n) is 26.8. The maximum Gasteiger partial charge on any atom is 0.0110 e. The second-order valence-corrected chi connectivity index (χ2v) is 13.3. The Balaban J connectivity index is 0.000000280. The molecule has 0 spiro atoms. The number of piperazine rings is 1. The minimum absolute atomic E-state index is 0.868. The summed E-state index contributed by atoms with van der Waals surface area (Å²) in [6.45, 7) is 31.9. The van der Waals surface area contributed by atoms with Gasteiger partial charge in [-0.3, -0.25) is 0 Å². The fourth-order valence-electron chi connectivity index (χ4n) is 5.69. The summed E-state index contributed by atoms with van der Waals surface area (Å²) in [7, 11) is 0. The van der Waals surface area contributed by atoms with Crippen LogP contribution in [-0.2, 0) is 0 Å². The summed E-state index contributed by atoms with van der Waals surface area (Å²) in [4.78, 5) is 10.4. The molecule has 3 aliphatic rings. The van der Waals surface area contributed by atoms with Gasteiger partial charge in [-0.1, -0.05) is 54.9 Å². The molecule has 0 aromatic rings. The van der Waals surface area contributed by atoms with Crippen molar-refractivity contribution in [1.82, 2.24) is 19.6 Å². The first-order valence-electron chi connectivity index (χ1n) is 16.7. The van der Waals surface area contributed by atoms with Crippen LogP contribution in [0.15, 0.2) is 0 Å². The highest BCUT2D eigenvalue weighted by molar-refractivity contribution is 4.71. The number of hydrogen-bond acceptors (Lipinski definition) is 4. The summed E-state index contributed by atoms with van der Waals surface area (Å²) in [6.07, 6.45) is 15.5. The summed E-state index contributed by atoms with van der Waals surface area (Å²) in [6, 6.07) is 0. The number of likely N-dealkylation sites (N-methyl/N-ethyl adjacent to an activating group) is 1. The third-order valence-corrected chi connectivity index (χ3v) is 8.33. The number of likely N-dealkylation sites (tertiary alicyclic amines) is 2. The largest absolute Gasteiger partial charge is 0.303 e. The molecule has 4 nitrogen and oxygen atoms in total. The van der Waals surface area contributed by atoms with Gasteiger partial charge in [-0.2, -0.15) is 0 Å². The highest BCUT2D eigenvalue weighted by atomic mass is 15.3. The lowest BCUT2D eigenvalue weighted by molar-refractivity contribution is 0.134. The molecule has 3 saturated heterocycles. The summed E-state index contributed by atoms with van der Waals surface area (Å²) >= 11 is 0. The van der Waals surface area contributed by atoms with Gasteiger partial charge >= 0.3 is 0 Å². The molecule has 0 saturated carbocycles. The topological polar surface area (TPSA) is 13.0 Å². The first-order valence-corrected chi connectivity index (χ1v) is 16.7. The minimum atomic E-state index is 0.868. The Morgan fingerprint density at radius 1 is 0.405 bits per heavy atom. The summed E-state index contributed by atoms with van der Waals surface area (Å²) < 4.78 is 0. The number of hydrogen-bond donors (Lipinski definition) is 0. The van der Waals surface area contributed by atoms with Crippen molar-refractivity contribution in [2.75, 3.05) is 78.5 Å². The van der Waals surface area contributed by atoms with Crippen LogP contribution in [0.2, 0.25) is 0 Å². The predicted octanol–water partition coefficient (Wildman–Crippen LogP) is 7.49. The van der Waals surface area contributed by atoms with Gasteiger partial charge in [0.15, 0.2) is 0 Å². The van der Waals surface area contributed by atoms with E-state index in [0.717, 1.165) is 17.8 Å². The molecule has 0 aromatic heterocycles. The maximum absolute atomic E-state index is 2.63. The minimum Gasteiger partial charge on any atom is -0.303 e. The third kappa shape index (κ3) is 20.4. The monoisotopic (exact) mass is 523 g/mol. The Bertz CT molecular complexity index is 473. The molecule has 37 heavy (non-hydrogen) atoms. The average molecular weight is 523 g/mol. The molecule has 3 heterocycles. The average Bonchev–Trinajstić information content (AvgIpc) is 3.39. The van der Waals surface area contributed by atoms with Crippen molar-refractivity contribution >= 4 is 0 Å². The van der Waals surface area contributed by atoms with E-state index in [0.29, 0.717) is 0 Å². The Labute approximate surface area is 234 Å². The molecule has 0 aliphatic carbocycles. The van der Waals surface area contributed by atoms with Crippen LogP contribution in [0.25, 0.3) is 0 Å². The standard InChI is InChI=1S/C12H26N2.C11H23N.C10H21N/c1-4-13-8-10-14(11-9-13)7-5-6-12(2)3;1-11(2)7-6-10-12-8-4-3-5-9-12;1-10(2)6-5-9-11-7-3-4-8-11/h12H,4-11H2,1-3H3;11H,3-10H2,1-2H3;10H,3-9H2,1-2H3. The first-order chi connectivity index (χ1) is 17.8. The molecule has 4 heteroatoms. The molecular formula is C33H70N4. The van der Waals surface area contributed by atoms with Crippen LogP contribution in [0.1, 0.15) is 119 Å². The van der Waals surface area contributed by atoms with Gasteiger partial charge in [0, 0.05) is 26.2 Å². The lowest BCUT2D eigenvalue weighted by Gasteiger charge is -2.34. The smallest absolute Gasteiger partial charge is 0.0110 e. The van der Waals surface area contributed by atoms with Gasteiger partial charge in [0.2, 0.25) is 0 Å².